The van der Waals surface area contributed by atoms with Gasteiger partial charge in [0.25, 0.3) is 0 Å². The number of halogens is 1. The summed E-state index contributed by atoms with van der Waals surface area (Å²) in [5.74, 6) is 0.683. The van der Waals surface area contributed by atoms with Gasteiger partial charge < -0.3 is 0 Å². The highest BCUT2D eigenvalue weighted by atomic mass is 35.5. The van der Waals surface area contributed by atoms with E-state index in [1.165, 1.54) is 0 Å². The Balaban J connectivity index is 2.18. The molecule has 2 aromatic rings. The van der Waals surface area contributed by atoms with E-state index in [1.54, 1.807) is 0 Å². The summed E-state index contributed by atoms with van der Waals surface area (Å²) >= 11 is 6.15. The Morgan fingerprint density at radius 3 is 2.78 bits per heavy atom. The Labute approximate surface area is 113 Å². The molecule has 2 heterocycles. The van der Waals surface area contributed by atoms with Crippen molar-refractivity contribution in [3.8, 4) is 11.1 Å². The molecule has 0 unspecified atom stereocenters. The van der Waals surface area contributed by atoms with Crippen LogP contribution in [0.2, 0.25) is 5.15 Å². The SMILES string of the molecule is Cc1ccc(-c2cnn(CCC(C)C)c2)c(Cl)n1. The molecule has 0 aliphatic carbocycles. The van der Waals surface area contributed by atoms with E-state index in [1.807, 2.05) is 36.1 Å². The monoisotopic (exact) mass is 263 g/mol. The Bertz CT molecular complexity index is 532. The highest BCUT2D eigenvalue weighted by molar-refractivity contribution is 6.32. The van der Waals surface area contributed by atoms with Crippen molar-refractivity contribution in [3.63, 3.8) is 0 Å². The molecule has 0 aliphatic heterocycles. The van der Waals surface area contributed by atoms with Crippen LogP contribution in [0.4, 0.5) is 0 Å². The van der Waals surface area contributed by atoms with Crippen molar-refractivity contribution < 1.29 is 0 Å². The molecule has 0 saturated heterocycles. The van der Waals surface area contributed by atoms with Crippen LogP contribution in [-0.4, -0.2) is 14.8 Å². The molecule has 0 spiro atoms. The lowest BCUT2D eigenvalue weighted by Gasteiger charge is -2.04. The molecule has 0 aliphatic rings. The molecule has 0 radical (unpaired) electrons. The van der Waals surface area contributed by atoms with E-state index in [0.29, 0.717) is 11.1 Å². The average molecular weight is 264 g/mol. The third kappa shape index (κ3) is 3.10. The smallest absolute Gasteiger partial charge is 0.137 e. The Kier molecular flexibility index (Phi) is 4.02. The van der Waals surface area contributed by atoms with Gasteiger partial charge in [-0.15, -0.1) is 0 Å². The summed E-state index contributed by atoms with van der Waals surface area (Å²) in [5, 5.41) is 4.90. The average Bonchev–Trinajstić information content (AvgIpc) is 2.75. The van der Waals surface area contributed by atoms with Gasteiger partial charge in [0.1, 0.15) is 5.15 Å². The summed E-state index contributed by atoms with van der Waals surface area (Å²) < 4.78 is 1.96. The van der Waals surface area contributed by atoms with Gasteiger partial charge in [-0.2, -0.15) is 5.10 Å². The van der Waals surface area contributed by atoms with Gasteiger partial charge in [-0.3, -0.25) is 4.68 Å². The fourth-order valence-electron chi connectivity index (χ4n) is 1.76. The summed E-state index contributed by atoms with van der Waals surface area (Å²) in [6.45, 7) is 7.30. The summed E-state index contributed by atoms with van der Waals surface area (Å²) in [5.41, 5.74) is 2.89. The normalized spacial score (nSPS) is 11.2. The first-order chi connectivity index (χ1) is 8.56. The predicted molar refractivity (Wildman–Crippen MR) is 74.7 cm³/mol. The van der Waals surface area contributed by atoms with Gasteiger partial charge in [0, 0.05) is 29.6 Å². The van der Waals surface area contributed by atoms with E-state index >= 15 is 0 Å². The van der Waals surface area contributed by atoms with E-state index in [-0.39, 0.29) is 0 Å². The first-order valence-corrected chi connectivity index (χ1v) is 6.60. The first-order valence-electron chi connectivity index (χ1n) is 6.22. The van der Waals surface area contributed by atoms with E-state index in [2.05, 4.69) is 23.9 Å². The lowest BCUT2D eigenvalue weighted by Crippen LogP contribution is -2.01. The van der Waals surface area contributed by atoms with Crippen molar-refractivity contribution >= 4 is 11.6 Å². The van der Waals surface area contributed by atoms with Crippen LogP contribution in [0.5, 0.6) is 0 Å². The summed E-state index contributed by atoms with van der Waals surface area (Å²) in [6.07, 6.45) is 5.00. The van der Waals surface area contributed by atoms with Crippen molar-refractivity contribution in [2.45, 2.75) is 33.7 Å². The highest BCUT2D eigenvalue weighted by Crippen LogP contribution is 2.26. The minimum Gasteiger partial charge on any atom is -0.272 e. The van der Waals surface area contributed by atoms with Crippen LogP contribution in [0.25, 0.3) is 11.1 Å². The van der Waals surface area contributed by atoms with Crippen LogP contribution in [-0.2, 0) is 6.54 Å². The molecule has 0 bridgehead atoms. The quantitative estimate of drug-likeness (QED) is 0.782. The number of aryl methyl sites for hydroxylation is 2. The van der Waals surface area contributed by atoms with E-state index in [9.17, 15) is 0 Å². The van der Waals surface area contributed by atoms with Crippen LogP contribution in [0.15, 0.2) is 24.5 Å². The minimum atomic E-state index is 0.540. The Hall–Kier alpha value is -1.35. The molecule has 0 N–H and O–H groups in total. The van der Waals surface area contributed by atoms with Gasteiger partial charge in [-0.25, -0.2) is 4.98 Å². The van der Waals surface area contributed by atoms with Gasteiger partial charge in [-0.1, -0.05) is 25.4 Å². The fourth-order valence-corrected chi connectivity index (χ4v) is 2.06. The lowest BCUT2D eigenvalue weighted by atomic mass is 10.1. The number of aromatic nitrogens is 3. The maximum atomic E-state index is 6.15. The molecule has 3 nitrogen and oxygen atoms in total. The molecular formula is C14H18ClN3. The zero-order valence-electron chi connectivity index (χ0n) is 11.0. The van der Waals surface area contributed by atoms with E-state index in [0.717, 1.165) is 29.8 Å². The topological polar surface area (TPSA) is 30.7 Å². The van der Waals surface area contributed by atoms with Gasteiger partial charge in [0.15, 0.2) is 0 Å². The van der Waals surface area contributed by atoms with Crippen molar-refractivity contribution in [1.82, 2.24) is 14.8 Å². The lowest BCUT2D eigenvalue weighted by molar-refractivity contribution is 0.487. The van der Waals surface area contributed by atoms with Crippen LogP contribution < -0.4 is 0 Å². The van der Waals surface area contributed by atoms with Crippen molar-refractivity contribution in [2.75, 3.05) is 0 Å². The Morgan fingerprint density at radius 1 is 1.33 bits per heavy atom. The molecule has 2 rings (SSSR count). The van der Waals surface area contributed by atoms with Crippen LogP contribution in [0.3, 0.4) is 0 Å². The van der Waals surface area contributed by atoms with E-state index in [4.69, 9.17) is 11.6 Å². The number of rotatable bonds is 4. The van der Waals surface area contributed by atoms with Crippen molar-refractivity contribution in [3.05, 3.63) is 35.4 Å². The molecule has 4 heteroatoms. The molecule has 0 amide bonds. The van der Waals surface area contributed by atoms with Crippen LogP contribution in [0, 0.1) is 12.8 Å². The zero-order valence-corrected chi connectivity index (χ0v) is 11.8. The summed E-state index contributed by atoms with van der Waals surface area (Å²) in [4.78, 5) is 4.26. The number of hydrogen-bond acceptors (Lipinski definition) is 2. The van der Waals surface area contributed by atoms with Gasteiger partial charge in [-0.05, 0) is 31.4 Å². The number of pyridine rings is 1. The second-order valence-electron chi connectivity index (χ2n) is 4.97. The first kappa shape index (κ1) is 13.1. The summed E-state index contributed by atoms with van der Waals surface area (Å²) in [6, 6.07) is 3.96. The van der Waals surface area contributed by atoms with E-state index < -0.39 is 0 Å². The third-order valence-electron chi connectivity index (χ3n) is 2.87. The number of nitrogens with zero attached hydrogens (tertiary/aromatic N) is 3. The zero-order chi connectivity index (χ0) is 13.1. The molecule has 0 saturated carbocycles. The molecule has 2 aromatic heterocycles. The minimum absolute atomic E-state index is 0.540. The second kappa shape index (κ2) is 5.53. The van der Waals surface area contributed by atoms with Gasteiger partial charge in [0.05, 0.1) is 6.20 Å². The fraction of sp³-hybridized carbons (Fsp3) is 0.429. The molecule has 0 aromatic carbocycles. The standard InChI is InChI=1S/C14H18ClN3/c1-10(2)6-7-18-9-12(8-16-18)13-5-4-11(3)17-14(13)15/h4-5,8-10H,6-7H2,1-3H3. The maximum Gasteiger partial charge on any atom is 0.137 e. The van der Waals surface area contributed by atoms with Gasteiger partial charge >= 0.3 is 0 Å². The second-order valence-corrected chi connectivity index (χ2v) is 5.32. The molecule has 96 valence electrons. The summed E-state index contributed by atoms with van der Waals surface area (Å²) in [7, 11) is 0. The highest BCUT2D eigenvalue weighted by Gasteiger charge is 2.07. The predicted octanol–water partition coefficient (Wildman–Crippen LogP) is 3.95. The number of hydrogen-bond donors (Lipinski definition) is 0. The van der Waals surface area contributed by atoms with Gasteiger partial charge in [0.2, 0.25) is 0 Å². The Morgan fingerprint density at radius 2 is 2.11 bits per heavy atom. The van der Waals surface area contributed by atoms with Crippen molar-refractivity contribution in [1.29, 1.82) is 0 Å². The maximum absolute atomic E-state index is 6.15. The van der Waals surface area contributed by atoms with Crippen LogP contribution >= 0.6 is 11.6 Å². The third-order valence-corrected chi connectivity index (χ3v) is 3.16. The molecule has 0 atom stereocenters. The van der Waals surface area contributed by atoms with Crippen molar-refractivity contribution in [2.24, 2.45) is 5.92 Å². The molecular weight excluding hydrogens is 246 g/mol. The largest absolute Gasteiger partial charge is 0.272 e. The molecule has 18 heavy (non-hydrogen) atoms. The van der Waals surface area contributed by atoms with Crippen LogP contribution in [0.1, 0.15) is 26.0 Å². The molecule has 0 fully saturated rings.